The molecule has 0 aliphatic carbocycles. The zero-order valence-corrected chi connectivity index (χ0v) is 53.7. The van der Waals surface area contributed by atoms with Gasteiger partial charge in [0.25, 0.3) is 0 Å². The molecule has 3 unspecified atom stereocenters. The van der Waals surface area contributed by atoms with Gasteiger partial charge in [-0.15, -0.1) is 30.6 Å². The Kier molecular flexibility index (Phi) is 24.9. The molecular weight excluding hydrogens is 1200 g/mol. The van der Waals surface area contributed by atoms with Gasteiger partial charge in [0, 0.05) is 31.0 Å². The second-order valence-electron chi connectivity index (χ2n) is 23.3. The fourth-order valence-corrected chi connectivity index (χ4v) is 11.1. The number of aryl methyl sites for hydroxylation is 4. The smallest absolute Gasteiger partial charge is 0.410 e. The third-order valence-corrected chi connectivity index (χ3v) is 15.8. The van der Waals surface area contributed by atoms with Gasteiger partial charge in [-0.25, -0.2) is 9.18 Å². The largest absolute Gasteiger partial charge is 0.444 e. The van der Waals surface area contributed by atoms with Crippen LogP contribution in [0.25, 0.3) is 0 Å². The molecule has 4 aromatic heterocycles. The van der Waals surface area contributed by atoms with Gasteiger partial charge in [-0.2, -0.15) is 10.2 Å². The monoisotopic (exact) mass is 1280 g/mol. The fourth-order valence-electron chi connectivity index (χ4n) is 9.46. The molecule has 3 atom stereocenters. The molecule has 4 heterocycles. The third kappa shape index (κ3) is 22.8. The Labute approximate surface area is 536 Å². The number of amides is 5. The molecule has 22 nitrogen and oxygen atoms in total. The van der Waals surface area contributed by atoms with Crippen LogP contribution in [0.3, 0.4) is 0 Å². The number of nitrogens with one attached hydrogen (secondary N) is 5. The van der Waals surface area contributed by atoms with Gasteiger partial charge in [0.2, 0.25) is 40.3 Å². The molecule has 5 amide bonds. The van der Waals surface area contributed by atoms with Crippen molar-refractivity contribution in [2.45, 2.75) is 162 Å². The minimum atomic E-state index is -1.11. The predicted octanol–water partition coefficient (Wildman–Crippen LogP) is 10.8. The zero-order valence-electron chi connectivity index (χ0n) is 52.1. The molecular formula is C66H77FN14O8S2. The Morgan fingerprint density at radius 3 is 1.67 bits per heavy atom. The van der Waals surface area contributed by atoms with Crippen molar-refractivity contribution in [1.82, 2.24) is 51.0 Å². The molecule has 0 aliphatic heterocycles. The first-order valence-electron chi connectivity index (χ1n) is 30.2. The van der Waals surface area contributed by atoms with Crippen LogP contribution in [-0.2, 0) is 86.7 Å². The Bertz CT molecular complexity index is 3700. The Morgan fingerprint density at radius 1 is 0.549 bits per heavy atom. The van der Waals surface area contributed by atoms with Crippen molar-refractivity contribution in [2.75, 3.05) is 21.3 Å². The van der Waals surface area contributed by atoms with Gasteiger partial charge < -0.3 is 35.8 Å². The maximum absolute atomic E-state index is 15.7. The van der Waals surface area contributed by atoms with Gasteiger partial charge in [-0.05, 0) is 151 Å². The predicted molar refractivity (Wildman–Crippen MR) is 346 cm³/mol. The molecule has 8 rings (SSSR count). The zero-order chi connectivity index (χ0) is 64.9. The number of aromatic nitrogens is 8. The number of unbranched alkanes of at least 4 members (excludes halogenated alkanes) is 2. The molecule has 0 aliphatic rings. The lowest BCUT2D eigenvalue weighted by Gasteiger charge is -2.28. The van der Waals surface area contributed by atoms with Gasteiger partial charge in [-0.3, -0.25) is 29.4 Å². The normalized spacial score (nSPS) is 12.4. The van der Waals surface area contributed by atoms with Gasteiger partial charge in [0.1, 0.15) is 21.4 Å². The maximum Gasteiger partial charge on any atom is 0.410 e. The highest BCUT2D eigenvalue weighted by Crippen LogP contribution is 2.26. The maximum atomic E-state index is 15.7. The van der Waals surface area contributed by atoms with Gasteiger partial charge >= 0.3 is 6.09 Å². The molecule has 0 saturated carbocycles. The number of aliphatic hydroxyl groups excluding tert-OH is 1. The number of hydrogen-bond donors (Lipinski definition) is 6. The summed E-state index contributed by atoms with van der Waals surface area (Å²) in [5.41, 5.74) is 5.21. The molecule has 0 bridgehead atoms. The first kappa shape index (κ1) is 68.0. The Morgan fingerprint density at radius 2 is 1.09 bits per heavy atom. The highest BCUT2D eigenvalue weighted by atomic mass is 32.1. The van der Waals surface area contributed by atoms with Crippen LogP contribution in [0.5, 0.6) is 0 Å². The average molecular weight is 1280 g/mol. The van der Waals surface area contributed by atoms with Crippen LogP contribution >= 0.6 is 22.7 Å². The number of anilines is 4. The van der Waals surface area contributed by atoms with Gasteiger partial charge in [-0.1, -0.05) is 114 Å². The van der Waals surface area contributed by atoms with Crippen molar-refractivity contribution in [3.05, 3.63) is 187 Å². The molecule has 6 N–H and O–H groups in total. The van der Waals surface area contributed by atoms with E-state index in [0.29, 0.717) is 58.5 Å². The quantitative estimate of drug-likeness (QED) is 0.0174. The second-order valence-corrected chi connectivity index (χ2v) is 25.4. The van der Waals surface area contributed by atoms with E-state index in [1.54, 1.807) is 76.2 Å². The molecule has 0 spiro atoms. The van der Waals surface area contributed by atoms with Crippen LogP contribution < -0.4 is 26.6 Å². The van der Waals surface area contributed by atoms with E-state index >= 15 is 4.39 Å². The molecule has 4 aromatic carbocycles. The standard InChI is InChI=1S/C66H77FN14O8S2/c1-41(2)68-64(86)88-43(4)49-22-16-20-46(34-49)37-58(84)72-63-80-78-60(91-63)26-13-11-23-51-28-31-54(75-73-51)69-56(82)36-45-19-15-21-47(33-45)39-81(65(87)89-66(5,6)7)40-50-38-48(27-30-53(50)67)42(3)61(85)70-55-32-29-52(74-76-55)24-12-14-25-59-77-79-62(90-59)71-57(83)35-44-17-9-8-10-18-44/h8-10,15-22,27-34,38,41-43,64,68,86H,11-14,23-26,35-37,39-40H2,1-7H3,(H,69,75,82)(H,70,76,85)(H,71,79,83)(H,72,80,84). The molecule has 91 heavy (non-hydrogen) atoms. The number of nitrogens with zero attached hydrogens (tertiary/aromatic N) is 9. The number of halogens is 1. The van der Waals surface area contributed by atoms with E-state index < -0.39 is 35.9 Å². The number of carbonyl (C=O) groups is 5. The average Bonchev–Trinajstić information content (AvgIpc) is 2.27. The van der Waals surface area contributed by atoms with Crippen LogP contribution in [0.2, 0.25) is 0 Å². The SMILES string of the molecule is CC(C)NC(O)OC(C)c1cccc(CC(=O)Nc2nnc(CCCCc3ccc(NC(=O)Cc4cccc(CN(Cc5cc(C(C)C(=O)Nc6ccc(CCCCc7nnc(NC(=O)Cc8ccccc8)s7)nn6)ccc5F)C(=O)OC(C)(C)C)c4)nn3)s2)c1. The Hall–Kier alpha value is -8.88. The van der Waals surface area contributed by atoms with Crippen LogP contribution in [0, 0.1) is 5.82 Å². The molecule has 0 fully saturated rings. The number of benzene rings is 4. The molecule has 0 radical (unpaired) electrons. The first-order chi connectivity index (χ1) is 43.6. The van der Waals surface area contributed by atoms with E-state index in [1.165, 1.54) is 39.7 Å². The third-order valence-electron chi connectivity index (χ3n) is 14.0. The minimum absolute atomic E-state index is 0.00566. The lowest BCUT2D eigenvalue weighted by Crippen LogP contribution is -2.37. The molecule has 8 aromatic rings. The highest BCUT2D eigenvalue weighted by molar-refractivity contribution is 7.15. The lowest BCUT2D eigenvalue weighted by molar-refractivity contribution is -0.154. The highest BCUT2D eigenvalue weighted by Gasteiger charge is 2.26. The number of rotatable bonds is 31. The molecule has 25 heteroatoms. The summed E-state index contributed by atoms with van der Waals surface area (Å²) in [5, 5.41) is 60.7. The number of ether oxygens (including phenoxy) is 2. The van der Waals surface area contributed by atoms with Crippen LogP contribution in [0.4, 0.5) is 31.1 Å². The van der Waals surface area contributed by atoms with E-state index in [4.69, 9.17) is 9.47 Å². The number of carbonyl (C=O) groups excluding carboxylic acids is 5. The summed E-state index contributed by atoms with van der Waals surface area (Å²) < 4.78 is 27.1. The van der Waals surface area contributed by atoms with Crippen molar-refractivity contribution in [2.24, 2.45) is 0 Å². The topological polar surface area (TPSA) is 291 Å². The van der Waals surface area contributed by atoms with E-state index in [2.05, 4.69) is 67.4 Å². The summed E-state index contributed by atoms with van der Waals surface area (Å²) in [7, 11) is 0. The van der Waals surface area contributed by atoms with Crippen molar-refractivity contribution in [3.63, 3.8) is 0 Å². The summed E-state index contributed by atoms with van der Waals surface area (Å²) in [6.07, 6.45) is 4.06. The first-order valence-corrected chi connectivity index (χ1v) is 31.9. The van der Waals surface area contributed by atoms with Crippen molar-refractivity contribution >= 4 is 74.3 Å². The fraction of sp³-hybridized carbons (Fsp3) is 0.379. The molecule has 478 valence electrons. The van der Waals surface area contributed by atoms with Gasteiger partial charge in [0.05, 0.1) is 49.2 Å². The van der Waals surface area contributed by atoms with Crippen LogP contribution in [-0.4, -0.2) is 98.6 Å². The Balaban J connectivity index is 0.759. The van der Waals surface area contributed by atoms with Crippen molar-refractivity contribution in [3.8, 4) is 0 Å². The minimum Gasteiger partial charge on any atom is -0.444 e. The molecule has 0 saturated heterocycles. The van der Waals surface area contributed by atoms with E-state index in [1.807, 2.05) is 81.4 Å². The van der Waals surface area contributed by atoms with Crippen LogP contribution in [0.1, 0.15) is 147 Å². The lowest BCUT2D eigenvalue weighted by atomic mass is 9.97. The van der Waals surface area contributed by atoms with E-state index in [0.717, 1.165) is 63.8 Å². The van der Waals surface area contributed by atoms with Crippen molar-refractivity contribution in [1.29, 1.82) is 0 Å². The number of aliphatic hydroxyl groups is 1. The van der Waals surface area contributed by atoms with Crippen molar-refractivity contribution < 1.29 is 42.9 Å². The number of hydrogen-bond acceptors (Lipinski definition) is 19. The summed E-state index contributed by atoms with van der Waals surface area (Å²) >= 11 is 2.68. The summed E-state index contributed by atoms with van der Waals surface area (Å²) in [6, 6.07) is 35.6. The van der Waals surface area contributed by atoms with Gasteiger partial charge in [0.15, 0.2) is 11.6 Å². The van der Waals surface area contributed by atoms with Crippen LogP contribution in [0.15, 0.2) is 121 Å². The van der Waals surface area contributed by atoms with E-state index in [-0.39, 0.29) is 73.4 Å². The summed E-state index contributed by atoms with van der Waals surface area (Å²) in [6.45, 7) is 12.4. The second kappa shape index (κ2) is 33.3. The van der Waals surface area contributed by atoms with E-state index in [9.17, 15) is 29.1 Å². The summed E-state index contributed by atoms with van der Waals surface area (Å²) in [5.74, 6) is -1.84. The summed E-state index contributed by atoms with van der Waals surface area (Å²) in [4.78, 5) is 67.4.